The predicted octanol–water partition coefficient (Wildman–Crippen LogP) is 4.89. The zero-order chi connectivity index (χ0) is 12.8. The molecule has 98 valence electrons. The Hall–Kier alpha value is -0.490. The molecular formula is C17H23Cl. The standard InChI is InChI=1S/C17H23Cl/c1-12-3-4-13(2)15(7-12)10-17(11-18)9-14-5-6-16(17)8-14/h3-4,7,14,16H,5-6,8-11H2,1-2H3. The van der Waals surface area contributed by atoms with E-state index in [-0.39, 0.29) is 0 Å². The van der Waals surface area contributed by atoms with Gasteiger partial charge in [0, 0.05) is 5.88 Å². The zero-order valence-electron chi connectivity index (χ0n) is 11.5. The van der Waals surface area contributed by atoms with Gasteiger partial charge in [-0.3, -0.25) is 0 Å². The van der Waals surface area contributed by atoms with Gasteiger partial charge in [0.25, 0.3) is 0 Å². The fourth-order valence-electron chi connectivity index (χ4n) is 4.36. The summed E-state index contributed by atoms with van der Waals surface area (Å²) in [4.78, 5) is 0. The highest BCUT2D eigenvalue weighted by Crippen LogP contribution is 2.57. The third-order valence-electron chi connectivity index (χ3n) is 5.42. The van der Waals surface area contributed by atoms with E-state index >= 15 is 0 Å². The SMILES string of the molecule is Cc1ccc(C)c(CC2(CCl)CC3CCC2C3)c1. The Kier molecular flexibility index (Phi) is 3.18. The Morgan fingerprint density at radius 3 is 2.72 bits per heavy atom. The topological polar surface area (TPSA) is 0 Å². The molecule has 1 aromatic rings. The van der Waals surface area contributed by atoms with Gasteiger partial charge in [-0.1, -0.05) is 30.2 Å². The van der Waals surface area contributed by atoms with Gasteiger partial charge in [0.1, 0.15) is 0 Å². The molecule has 0 amide bonds. The number of alkyl halides is 1. The molecule has 0 spiro atoms. The first kappa shape index (κ1) is 12.5. The van der Waals surface area contributed by atoms with Crippen molar-refractivity contribution in [2.24, 2.45) is 17.3 Å². The van der Waals surface area contributed by atoms with Crippen LogP contribution in [0.5, 0.6) is 0 Å². The summed E-state index contributed by atoms with van der Waals surface area (Å²) in [6.45, 7) is 4.43. The third-order valence-corrected chi connectivity index (χ3v) is 5.95. The fourth-order valence-corrected chi connectivity index (χ4v) is 4.78. The quantitative estimate of drug-likeness (QED) is 0.681. The van der Waals surface area contributed by atoms with Crippen molar-refractivity contribution in [1.82, 2.24) is 0 Å². The first-order valence-electron chi connectivity index (χ1n) is 7.25. The van der Waals surface area contributed by atoms with Crippen molar-refractivity contribution in [3.63, 3.8) is 0 Å². The van der Waals surface area contributed by atoms with Crippen LogP contribution in [-0.2, 0) is 6.42 Å². The van der Waals surface area contributed by atoms with Crippen LogP contribution in [0.3, 0.4) is 0 Å². The van der Waals surface area contributed by atoms with E-state index in [4.69, 9.17) is 11.6 Å². The fraction of sp³-hybridized carbons (Fsp3) is 0.647. The van der Waals surface area contributed by atoms with Gasteiger partial charge in [-0.25, -0.2) is 0 Å². The molecule has 0 nitrogen and oxygen atoms in total. The maximum absolute atomic E-state index is 6.40. The molecule has 0 heterocycles. The van der Waals surface area contributed by atoms with Crippen molar-refractivity contribution in [2.45, 2.75) is 46.0 Å². The maximum Gasteiger partial charge on any atom is 0.0285 e. The summed E-state index contributed by atoms with van der Waals surface area (Å²) in [5.74, 6) is 2.71. The van der Waals surface area contributed by atoms with Crippen LogP contribution in [-0.4, -0.2) is 5.88 Å². The van der Waals surface area contributed by atoms with E-state index in [0.29, 0.717) is 5.41 Å². The van der Waals surface area contributed by atoms with E-state index in [2.05, 4.69) is 32.0 Å². The van der Waals surface area contributed by atoms with Crippen LogP contribution in [0.15, 0.2) is 18.2 Å². The molecule has 2 saturated carbocycles. The lowest BCUT2D eigenvalue weighted by Crippen LogP contribution is -2.32. The van der Waals surface area contributed by atoms with Crippen LogP contribution in [0.25, 0.3) is 0 Å². The van der Waals surface area contributed by atoms with Gasteiger partial charge in [-0.15, -0.1) is 11.6 Å². The number of fused-ring (bicyclic) bond motifs is 2. The van der Waals surface area contributed by atoms with E-state index in [9.17, 15) is 0 Å². The minimum absolute atomic E-state index is 0.406. The van der Waals surface area contributed by atoms with Crippen molar-refractivity contribution in [1.29, 1.82) is 0 Å². The van der Waals surface area contributed by atoms with E-state index in [1.165, 1.54) is 48.8 Å². The highest BCUT2D eigenvalue weighted by molar-refractivity contribution is 6.18. The van der Waals surface area contributed by atoms with E-state index in [1.54, 1.807) is 0 Å². The second-order valence-corrected chi connectivity index (χ2v) is 6.95. The summed E-state index contributed by atoms with van der Waals surface area (Å²) >= 11 is 6.40. The van der Waals surface area contributed by atoms with E-state index < -0.39 is 0 Å². The first-order valence-corrected chi connectivity index (χ1v) is 7.78. The Balaban J connectivity index is 1.88. The monoisotopic (exact) mass is 262 g/mol. The maximum atomic E-state index is 6.40. The van der Waals surface area contributed by atoms with Gasteiger partial charge in [0.2, 0.25) is 0 Å². The van der Waals surface area contributed by atoms with Crippen LogP contribution in [0.2, 0.25) is 0 Å². The zero-order valence-corrected chi connectivity index (χ0v) is 12.3. The van der Waals surface area contributed by atoms with E-state index in [1.807, 2.05) is 0 Å². The second-order valence-electron chi connectivity index (χ2n) is 6.68. The molecule has 2 bridgehead atoms. The molecule has 2 aliphatic rings. The smallest absolute Gasteiger partial charge is 0.0285 e. The number of halogens is 1. The lowest BCUT2D eigenvalue weighted by Gasteiger charge is -2.36. The minimum Gasteiger partial charge on any atom is -0.126 e. The first-order chi connectivity index (χ1) is 8.63. The summed E-state index contributed by atoms with van der Waals surface area (Å²) < 4.78 is 0. The Labute approximate surface area is 116 Å². The van der Waals surface area contributed by atoms with Crippen LogP contribution in [0, 0.1) is 31.1 Å². The molecular weight excluding hydrogens is 240 g/mol. The summed E-state index contributed by atoms with van der Waals surface area (Å²) in [7, 11) is 0. The average molecular weight is 263 g/mol. The van der Waals surface area contributed by atoms with Crippen molar-refractivity contribution >= 4 is 11.6 Å². The summed E-state index contributed by atoms with van der Waals surface area (Å²) in [5, 5.41) is 0. The number of hydrogen-bond donors (Lipinski definition) is 0. The van der Waals surface area contributed by atoms with Gasteiger partial charge in [0.15, 0.2) is 0 Å². The average Bonchev–Trinajstić information content (AvgIpc) is 2.94. The normalized spacial score (nSPS) is 34.2. The lowest BCUT2D eigenvalue weighted by atomic mass is 9.70. The molecule has 0 aromatic heterocycles. The molecule has 18 heavy (non-hydrogen) atoms. The number of rotatable bonds is 3. The number of benzene rings is 1. The number of aryl methyl sites for hydroxylation is 2. The highest BCUT2D eigenvalue weighted by atomic mass is 35.5. The molecule has 2 aliphatic carbocycles. The van der Waals surface area contributed by atoms with Gasteiger partial charge in [0.05, 0.1) is 0 Å². The molecule has 0 aliphatic heterocycles. The minimum atomic E-state index is 0.406. The molecule has 0 N–H and O–H groups in total. The number of hydrogen-bond acceptors (Lipinski definition) is 0. The van der Waals surface area contributed by atoms with Gasteiger partial charge in [-0.2, -0.15) is 0 Å². The molecule has 0 radical (unpaired) electrons. The third kappa shape index (κ3) is 1.99. The predicted molar refractivity (Wildman–Crippen MR) is 78.2 cm³/mol. The Bertz CT molecular complexity index is 451. The molecule has 2 fully saturated rings. The molecule has 0 saturated heterocycles. The lowest BCUT2D eigenvalue weighted by molar-refractivity contribution is 0.193. The van der Waals surface area contributed by atoms with Crippen molar-refractivity contribution < 1.29 is 0 Å². The molecule has 1 aromatic carbocycles. The van der Waals surface area contributed by atoms with Gasteiger partial charge < -0.3 is 0 Å². The van der Waals surface area contributed by atoms with Crippen LogP contribution >= 0.6 is 11.6 Å². The second kappa shape index (κ2) is 4.56. The van der Waals surface area contributed by atoms with Crippen molar-refractivity contribution in [3.8, 4) is 0 Å². The van der Waals surface area contributed by atoms with Crippen LogP contribution in [0.4, 0.5) is 0 Å². The Morgan fingerprint density at radius 2 is 2.11 bits per heavy atom. The molecule has 3 rings (SSSR count). The molecule has 3 atom stereocenters. The Morgan fingerprint density at radius 1 is 1.28 bits per heavy atom. The molecule has 1 heteroatoms. The van der Waals surface area contributed by atoms with E-state index in [0.717, 1.165) is 17.7 Å². The van der Waals surface area contributed by atoms with Crippen LogP contribution < -0.4 is 0 Å². The van der Waals surface area contributed by atoms with Gasteiger partial charge in [-0.05, 0) is 67.9 Å². The summed E-state index contributed by atoms with van der Waals surface area (Å²) in [6, 6.07) is 6.85. The summed E-state index contributed by atoms with van der Waals surface area (Å²) in [6.07, 6.45) is 6.88. The van der Waals surface area contributed by atoms with Crippen molar-refractivity contribution in [3.05, 3.63) is 34.9 Å². The summed E-state index contributed by atoms with van der Waals surface area (Å²) in [5.41, 5.74) is 4.75. The van der Waals surface area contributed by atoms with Gasteiger partial charge >= 0.3 is 0 Å². The molecule has 3 unspecified atom stereocenters. The largest absolute Gasteiger partial charge is 0.126 e. The highest BCUT2D eigenvalue weighted by Gasteiger charge is 2.50. The van der Waals surface area contributed by atoms with Crippen molar-refractivity contribution in [2.75, 3.05) is 5.88 Å². The van der Waals surface area contributed by atoms with Crippen LogP contribution in [0.1, 0.15) is 42.4 Å².